The van der Waals surface area contributed by atoms with Crippen LogP contribution >= 0.6 is 0 Å². The molecule has 2 aliphatic rings. The van der Waals surface area contributed by atoms with Crippen molar-refractivity contribution in [2.24, 2.45) is 11.8 Å². The summed E-state index contributed by atoms with van der Waals surface area (Å²) in [7, 11) is 0. The van der Waals surface area contributed by atoms with Crippen LogP contribution in [0.4, 0.5) is 0 Å². The van der Waals surface area contributed by atoms with Gasteiger partial charge in [0.15, 0.2) is 0 Å². The number of aliphatic hydroxyl groups is 1. The maximum atomic E-state index is 9.39. The molecule has 10 heavy (non-hydrogen) atoms. The van der Waals surface area contributed by atoms with Crippen molar-refractivity contribution in [1.29, 1.82) is 0 Å². The van der Waals surface area contributed by atoms with Crippen LogP contribution in [0.15, 0.2) is 24.0 Å². The summed E-state index contributed by atoms with van der Waals surface area (Å²) in [4.78, 5) is 0. The Morgan fingerprint density at radius 2 is 2.30 bits per heavy atom. The molecular formula is C9H12O. The molecule has 1 fully saturated rings. The number of aliphatic hydroxyl groups excluding tert-OH is 1. The minimum absolute atomic E-state index is 0.463. The van der Waals surface area contributed by atoms with Crippen molar-refractivity contribution in [2.45, 2.75) is 19.3 Å². The normalized spacial score (nSPS) is 37.4. The lowest BCUT2D eigenvalue weighted by atomic mass is 9.90. The molecule has 2 atom stereocenters. The van der Waals surface area contributed by atoms with Gasteiger partial charge in [0, 0.05) is 5.92 Å². The second-order valence-corrected chi connectivity index (χ2v) is 3.18. The van der Waals surface area contributed by atoms with Crippen LogP contribution < -0.4 is 0 Å². The van der Waals surface area contributed by atoms with E-state index in [-0.39, 0.29) is 0 Å². The van der Waals surface area contributed by atoms with Crippen LogP contribution in [0.1, 0.15) is 19.3 Å². The zero-order valence-corrected chi connectivity index (χ0v) is 5.96. The van der Waals surface area contributed by atoms with E-state index in [0.717, 1.165) is 0 Å². The summed E-state index contributed by atoms with van der Waals surface area (Å²) in [6.45, 7) is 0. The molecule has 1 saturated carbocycles. The van der Waals surface area contributed by atoms with Crippen molar-refractivity contribution in [1.82, 2.24) is 0 Å². The first-order valence-electron chi connectivity index (χ1n) is 3.95. The number of allylic oxidation sites excluding steroid dienone is 4. The van der Waals surface area contributed by atoms with E-state index in [0.29, 0.717) is 17.6 Å². The molecule has 0 heterocycles. The summed E-state index contributed by atoms with van der Waals surface area (Å²) >= 11 is 0. The third-order valence-electron chi connectivity index (χ3n) is 2.57. The highest BCUT2D eigenvalue weighted by Crippen LogP contribution is 2.38. The molecule has 0 bridgehead atoms. The second kappa shape index (κ2) is 2.15. The van der Waals surface area contributed by atoms with E-state index in [1.165, 1.54) is 19.3 Å². The summed E-state index contributed by atoms with van der Waals surface area (Å²) in [5, 5.41) is 9.39. The zero-order chi connectivity index (χ0) is 6.97. The largest absolute Gasteiger partial charge is 0.512 e. The van der Waals surface area contributed by atoms with Gasteiger partial charge < -0.3 is 5.11 Å². The van der Waals surface area contributed by atoms with Crippen LogP contribution in [-0.2, 0) is 0 Å². The third-order valence-corrected chi connectivity index (χ3v) is 2.57. The molecule has 1 nitrogen and oxygen atoms in total. The first-order valence-corrected chi connectivity index (χ1v) is 3.95. The van der Waals surface area contributed by atoms with Gasteiger partial charge >= 0.3 is 0 Å². The van der Waals surface area contributed by atoms with E-state index in [1.807, 2.05) is 12.2 Å². The highest BCUT2D eigenvalue weighted by Gasteiger charge is 2.29. The Kier molecular flexibility index (Phi) is 1.30. The lowest BCUT2D eigenvalue weighted by molar-refractivity contribution is 0.304. The van der Waals surface area contributed by atoms with Crippen LogP contribution in [0.5, 0.6) is 0 Å². The van der Waals surface area contributed by atoms with Crippen LogP contribution in [0.25, 0.3) is 0 Å². The Bertz CT molecular complexity index is 191. The van der Waals surface area contributed by atoms with Crippen molar-refractivity contribution >= 4 is 0 Å². The molecule has 0 radical (unpaired) electrons. The molecule has 0 saturated heterocycles. The number of rotatable bonds is 0. The maximum absolute atomic E-state index is 9.39. The summed E-state index contributed by atoms with van der Waals surface area (Å²) in [5.41, 5.74) is 0. The summed E-state index contributed by atoms with van der Waals surface area (Å²) in [6, 6.07) is 0. The molecule has 1 heteroatoms. The molecule has 2 unspecified atom stereocenters. The van der Waals surface area contributed by atoms with Gasteiger partial charge in [-0.05, 0) is 24.8 Å². The third kappa shape index (κ3) is 0.772. The fourth-order valence-electron chi connectivity index (χ4n) is 2.01. The van der Waals surface area contributed by atoms with Gasteiger partial charge in [-0.2, -0.15) is 0 Å². The molecule has 2 rings (SSSR count). The molecule has 0 spiro atoms. The van der Waals surface area contributed by atoms with E-state index in [1.54, 1.807) is 0 Å². The number of hydrogen-bond donors (Lipinski definition) is 1. The fourth-order valence-corrected chi connectivity index (χ4v) is 2.01. The zero-order valence-electron chi connectivity index (χ0n) is 5.96. The minimum Gasteiger partial charge on any atom is -0.512 e. The van der Waals surface area contributed by atoms with E-state index in [2.05, 4.69) is 6.08 Å². The highest BCUT2D eigenvalue weighted by atomic mass is 16.3. The molecule has 2 aliphatic carbocycles. The molecule has 0 aromatic carbocycles. The molecule has 0 aliphatic heterocycles. The summed E-state index contributed by atoms with van der Waals surface area (Å²) < 4.78 is 0. The van der Waals surface area contributed by atoms with Gasteiger partial charge in [0.25, 0.3) is 0 Å². The van der Waals surface area contributed by atoms with Crippen LogP contribution in [0.2, 0.25) is 0 Å². The number of hydrogen-bond acceptors (Lipinski definition) is 1. The van der Waals surface area contributed by atoms with Gasteiger partial charge in [-0.3, -0.25) is 0 Å². The monoisotopic (exact) mass is 136 g/mol. The average molecular weight is 136 g/mol. The Balaban J connectivity index is 2.24. The molecule has 1 N–H and O–H groups in total. The SMILES string of the molecule is OC1=CC=CC2CCCC12. The van der Waals surface area contributed by atoms with Crippen molar-refractivity contribution < 1.29 is 5.11 Å². The minimum atomic E-state index is 0.463. The fraction of sp³-hybridized carbons (Fsp3) is 0.556. The maximum Gasteiger partial charge on any atom is 0.0959 e. The second-order valence-electron chi connectivity index (χ2n) is 3.18. The van der Waals surface area contributed by atoms with Crippen LogP contribution in [-0.4, -0.2) is 5.11 Å². The molecule has 0 amide bonds. The van der Waals surface area contributed by atoms with Crippen LogP contribution in [0, 0.1) is 11.8 Å². The van der Waals surface area contributed by atoms with Crippen molar-refractivity contribution in [3.05, 3.63) is 24.0 Å². The molecule has 54 valence electrons. The standard InChI is InChI=1S/C9H12O/c10-9-6-2-4-7-3-1-5-8(7)9/h2,4,6-8,10H,1,3,5H2. The number of fused-ring (bicyclic) bond motifs is 1. The summed E-state index contributed by atoms with van der Waals surface area (Å²) in [6.07, 6.45) is 9.74. The lowest BCUT2D eigenvalue weighted by Gasteiger charge is -2.17. The van der Waals surface area contributed by atoms with Gasteiger partial charge in [-0.25, -0.2) is 0 Å². The van der Waals surface area contributed by atoms with Gasteiger partial charge in [0.2, 0.25) is 0 Å². The Morgan fingerprint density at radius 3 is 3.10 bits per heavy atom. The first-order chi connectivity index (χ1) is 4.88. The summed E-state index contributed by atoms with van der Waals surface area (Å²) in [5.74, 6) is 1.71. The Morgan fingerprint density at radius 1 is 1.40 bits per heavy atom. The smallest absolute Gasteiger partial charge is 0.0959 e. The first kappa shape index (κ1) is 6.02. The van der Waals surface area contributed by atoms with Crippen LogP contribution in [0.3, 0.4) is 0 Å². The van der Waals surface area contributed by atoms with E-state index >= 15 is 0 Å². The van der Waals surface area contributed by atoms with Gasteiger partial charge in [0.1, 0.15) is 0 Å². The quantitative estimate of drug-likeness (QED) is 0.542. The Labute approximate surface area is 61.1 Å². The molecule has 0 aromatic heterocycles. The van der Waals surface area contributed by atoms with E-state index in [4.69, 9.17) is 0 Å². The molecule has 0 aromatic rings. The molecular weight excluding hydrogens is 124 g/mol. The van der Waals surface area contributed by atoms with Crippen molar-refractivity contribution in [3.8, 4) is 0 Å². The van der Waals surface area contributed by atoms with Gasteiger partial charge in [0.05, 0.1) is 5.76 Å². The van der Waals surface area contributed by atoms with E-state index in [9.17, 15) is 5.11 Å². The van der Waals surface area contributed by atoms with E-state index < -0.39 is 0 Å². The highest BCUT2D eigenvalue weighted by molar-refractivity contribution is 5.19. The topological polar surface area (TPSA) is 20.2 Å². The Hall–Kier alpha value is -0.720. The predicted molar refractivity (Wildman–Crippen MR) is 40.7 cm³/mol. The predicted octanol–water partition coefficient (Wildman–Crippen LogP) is 2.41. The average Bonchev–Trinajstić information content (AvgIpc) is 2.36. The van der Waals surface area contributed by atoms with Gasteiger partial charge in [-0.1, -0.05) is 18.6 Å². The van der Waals surface area contributed by atoms with Gasteiger partial charge in [-0.15, -0.1) is 0 Å². The lowest BCUT2D eigenvalue weighted by Crippen LogP contribution is -2.10. The van der Waals surface area contributed by atoms with Crippen molar-refractivity contribution in [3.63, 3.8) is 0 Å². The van der Waals surface area contributed by atoms with Crippen molar-refractivity contribution in [2.75, 3.05) is 0 Å².